The van der Waals surface area contributed by atoms with E-state index in [1.165, 1.54) is 27.7 Å². The Labute approximate surface area is 202 Å². The lowest BCUT2D eigenvalue weighted by molar-refractivity contribution is 0.103. The SMILES string of the molecule is Cc1ccc(C)c(OCc2csc(C(=O)Nc3cnn(Cc4cccc5ccccc45)c3)c2)c1. The van der Waals surface area contributed by atoms with Crippen LogP contribution in [-0.4, -0.2) is 15.7 Å². The Kier molecular flexibility index (Phi) is 6.14. The predicted octanol–water partition coefficient (Wildman–Crippen LogP) is 6.59. The van der Waals surface area contributed by atoms with E-state index >= 15 is 0 Å². The third kappa shape index (κ3) is 4.87. The molecule has 0 aliphatic rings. The van der Waals surface area contributed by atoms with Crippen molar-refractivity contribution in [3.63, 3.8) is 0 Å². The largest absolute Gasteiger partial charge is 0.489 e. The highest BCUT2D eigenvalue weighted by Crippen LogP contribution is 2.23. The van der Waals surface area contributed by atoms with Gasteiger partial charge >= 0.3 is 0 Å². The molecule has 0 unspecified atom stereocenters. The van der Waals surface area contributed by atoms with Crippen LogP contribution in [-0.2, 0) is 13.2 Å². The van der Waals surface area contributed by atoms with Gasteiger partial charge in [-0.3, -0.25) is 9.48 Å². The number of carbonyl (C=O) groups is 1. The van der Waals surface area contributed by atoms with Gasteiger partial charge in [0.1, 0.15) is 12.4 Å². The average molecular weight is 468 g/mol. The molecule has 0 atom stereocenters. The lowest BCUT2D eigenvalue weighted by atomic mass is 10.0. The van der Waals surface area contributed by atoms with Crippen molar-refractivity contribution in [1.82, 2.24) is 9.78 Å². The Morgan fingerprint density at radius 2 is 1.91 bits per heavy atom. The van der Waals surface area contributed by atoms with Crippen LogP contribution in [0.15, 0.2) is 84.5 Å². The minimum atomic E-state index is -0.146. The van der Waals surface area contributed by atoms with Crippen molar-refractivity contribution >= 4 is 33.7 Å². The first-order valence-corrected chi connectivity index (χ1v) is 12.0. The lowest BCUT2D eigenvalue weighted by Crippen LogP contribution is -2.09. The van der Waals surface area contributed by atoms with E-state index < -0.39 is 0 Å². The summed E-state index contributed by atoms with van der Waals surface area (Å²) < 4.78 is 7.81. The van der Waals surface area contributed by atoms with E-state index in [4.69, 9.17) is 4.74 Å². The van der Waals surface area contributed by atoms with Crippen molar-refractivity contribution in [2.75, 3.05) is 5.32 Å². The fourth-order valence-corrected chi connectivity index (χ4v) is 4.70. The van der Waals surface area contributed by atoms with Crippen LogP contribution >= 0.6 is 11.3 Å². The van der Waals surface area contributed by atoms with Crippen LogP contribution in [0.2, 0.25) is 0 Å². The van der Waals surface area contributed by atoms with E-state index in [0.29, 0.717) is 23.7 Å². The summed E-state index contributed by atoms with van der Waals surface area (Å²) in [6, 6.07) is 22.6. The van der Waals surface area contributed by atoms with Gasteiger partial charge in [-0.15, -0.1) is 11.3 Å². The number of hydrogen-bond acceptors (Lipinski definition) is 4. The van der Waals surface area contributed by atoms with E-state index in [1.807, 2.05) is 54.4 Å². The van der Waals surface area contributed by atoms with Crippen LogP contribution in [0.25, 0.3) is 10.8 Å². The molecule has 1 amide bonds. The summed E-state index contributed by atoms with van der Waals surface area (Å²) in [6.45, 7) is 5.14. The van der Waals surface area contributed by atoms with Gasteiger partial charge in [0.05, 0.1) is 23.3 Å². The molecule has 0 fully saturated rings. The molecule has 6 heteroatoms. The molecule has 2 aromatic heterocycles. The summed E-state index contributed by atoms with van der Waals surface area (Å²) in [5.74, 6) is 0.725. The molecule has 0 aliphatic heterocycles. The molecule has 0 saturated carbocycles. The van der Waals surface area contributed by atoms with Gasteiger partial charge in [-0.05, 0) is 58.8 Å². The van der Waals surface area contributed by atoms with Crippen molar-refractivity contribution in [2.24, 2.45) is 0 Å². The number of ether oxygens (including phenoxy) is 1. The predicted molar refractivity (Wildman–Crippen MR) is 138 cm³/mol. The minimum absolute atomic E-state index is 0.146. The highest BCUT2D eigenvalue weighted by atomic mass is 32.1. The monoisotopic (exact) mass is 467 g/mol. The third-order valence-corrected chi connectivity index (χ3v) is 6.70. The molecule has 0 radical (unpaired) electrons. The van der Waals surface area contributed by atoms with Crippen LogP contribution in [0.1, 0.15) is 31.9 Å². The van der Waals surface area contributed by atoms with Crippen molar-refractivity contribution in [3.8, 4) is 5.75 Å². The average Bonchev–Trinajstić information content (AvgIpc) is 3.49. The number of rotatable bonds is 7. The fraction of sp³-hybridized carbons (Fsp3) is 0.143. The van der Waals surface area contributed by atoms with E-state index in [1.54, 1.807) is 6.20 Å². The molecule has 2 heterocycles. The summed E-state index contributed by atoms with van der Waals surface area (Å²) in [4.78, 5) is 13.4. The van der Waals surface area contributed by atoms with Crippen LogP contribution in [0.5, 0.6) is 5.75 Å². The standard InChI is InChI=1S/C28H25N3O2S/c1-19-10-11-20(2)26(12-19)33-17-21-13-27(34-18-21)28(32)30-24-14-29-31(16-24)15-23-8-5-7-22-6-3-4-9-25(22)23/h3-14,16,18H,15,17H2,1-2H3,(H,30,32). The molecule has 3 aromatic carbocycles. The van der Waals surface area contributed by atoms with Crippen LogP contribution in [0, 0.1) is 13.8 Å². The van der Waals surface area contributed by atoms with E-state index in [0.717, 1.165) is 22.4 Å². The van der Waals surface area contributed by atoms with Gasteiger partial charge < -0.3 is 10.1 Å². The Bertz CT molecular complexity index is 1460. The molecule has 170 valence electrons. The summed E-state index contributed by atoms with van der Waals surface area (Å²) in [6.07, 6.45) is 3.54. The van der Waals surface area contributed by atoms with Gasteiger partial charge in [-0.1, -0.05) is 54.6 Å². The van der Waals surface area contributed by atoms with Crippen LogP contribution in [0.3, 0.4) is 0 Å². The maximum atomic E-state index is 12.8. The first-order valence-electron chi connectivity index (χ1n) is 11.1. The fourth-order valence-electron chi connectivity index (χ4n) is 3.91. The number of anilines is 1. The maximum Gasteiger partial charge on any atom is 0.265 e. The number of amides is 1. The smallest absolute Gasteiger partial charge is 0.265 e. The molecule has 5 rings (SSSR count). The zero-order chi connectivity index (χ0) is 23.5. The second kappa shape index (κ2) is 9.53. The number of fused-ring (bicyclic) bond motifs is 1. The van der Waals surface area contributed by atoms with Crippen molar-refractivity contribution in [2.45, 2.75) is 27.0 Å². The topological polar surface area (TPSA) is 56.1 Å². The molecule has 0 bridgehead atoms. The third-order valence-electron chi connectivity index (χ3n) is 5.72. The highest BCUT2D eigenvalue weighted by molar-refractivity contribution is 7.12. The summed E-state index contributed by atoms with van der Waals surface area (Å²) in [5.41, 5.74) is 5.09. The van der Waals surface area contributed by atoms with Gasteiger partial charge in [-0.25, -0.2) is 0 Å². The molecule has 5 aromatic rings. The summed E-state index contributed by atoms with van der Waals surface area (Å²) in [7, 11) is 0. The molecular formula is C28H25N3O2S. The van der Waals surface area contributed by atoms with Crippen LogP contribution < -0.4 is 10.1 Å². The number of hydrogen-bond donors (Lipinski definition) is 1. The summed E-state index contributed by atoms with van der Waals surface area (Å²) in [5, 5.41) is 11.8. The number of aromatic nitrogens is 2. The Hall–Kier alpha value is -3.90. The zero-order valence-electron chi connectivity index (χ0n) is 19.1. The Morgan fingerprint density at radius 1 is 1.06 bits per heavy atom. The first kappa shape index (κ1) is 21.9. The molecular weight excluding hydrogens is 442 g/mol. The molecule has 1 N–H and O–H groups in total. The van der Waals surface area contributed by atoms with E-state index in [2.05, 4.69) is 52.9 Å². The molecule has 0 aliphatic carbocycles. The van der Waals surface area contributed by atoms with Gasteiger partial charge in [0, 0.05) is 11.8 Å². The normalized spacial score (nSPS) is 11.0. The maximum absolute atomic E-state index is 12.8. The number of aryl methyl sites for hydroxylation is 2. The van der Waals surface area contributed by atoms with Crippen molar-refractivity contribution in [3.05, 3.63) is 112 Å². The van der Waals surface area contributed by atoms with Crippen molar-refractivity contribution in [1.29, 1.82) is 0 Å². The quantitative estimate of drug-likeness (QED) is 0.294. The Morgan fingerprint density at radius 3 is 2.82 bits per heavy atom. The molecule has 34 heavy (non-hydrogen) atoms. The number of benzene rings is 3. The molecule has 0 spiro atoms. The van der Waals surface area contributed by atoms with E-state index in [-0.39, 0.29) is 5.91 Å². The Balaban J connectivity index is 1.22. The number of carbonyl (C=O) groups excluding carboxylic acids is 1. The van der Waals surface area contributed by atoms with Crippen LogP contribution in [0.4, 0.5) is 5.69 Å². The minimum Gasteiger partial charge on any atom is -0.489 e. The molecule has 5 nitrogen and oxygen atoms in total. The second-order valence-corrected chi connectivity index (χ2v) is 9.31. The molecule has 0 saturated heterocycles. The number of nitrogens with one attached hydrogen (secondary N) is 1. The van der Waals surface area contributed by atoms with Gasteiger partial charge in [-0.2, -0.15) is 5.10 Å². The summed E-state index contributed by atoms with van der Waals surface area (Å²) >= 11 is 1.41. The van der Waals surface area contributed by atoms with E-state index in [9.17, 15) is 4.79 Å². The van der Waals surface area contributed by atoms with Gasteiger partial charge in [0.25, 0.3) is 5.91 Å². The second-order valence-electron chi connectivity index (χ2n) is 8.40. The zero-order valence-corrected chi connectivity index (χ0v) is 19.9. The lowest BCUT2D eigenvalue weighted by Gasteiger charge is -2.08. The number of thiophene rings is 1. The van der Waals surface area contributed by atoms with Gasteiger partial charge in [0.2, 0.25) is 0 Å². The highest BCUT2D eigenvalue weighted by Gasteiger charge is 2.12. The number of nitrogens with zero attached hydrogens (tertiary/aromatic N) is 2. The van der Waals surface area contributed by atoms with Gasteiger partial charge in [0.15, 0.2) is 0 Å². The van der Waals surface area contributed by atoms with Crippen molar-refractivity contribution < 1.29 is 9.53 Å². The first-order chi connectivity index (χ1) is 16.5.